The molecule has 1 unspecified atom stereocenters. The monoisotopic (exact) mass is 312 g/mol. The number of nitrogens with zero attached hydrogens (tertiary/aromatic N) is 2. The number of aryl methyl sites for hydroxylation is 2. The van der Waals surface area contributed by atoms with Gasteiger partial charge in [0.1, 0.15) is 6.10 Å². The van der Waals surface area contributed by atoms with Crippen molar-refractivity contribution in [2.45, 2.75) is 32.8 Å². The highest BCUT2D eigenvalue weighted by Crippen LogP contribution is 2.32. The Hall–Kier alpha value is -1.71. The lowest BCUT2D eigenvalue weighted by atomic mass is 9.90. The maximum atomic E-state index is 6.34. The molecule has 0 N–H and O–H groups in total. The molecule has 0 fully saturated rings. The van der Waals surface area contributed by atoms with Gasteiger partial charge in [0.2, 0.25) is 0 Å². The lowest BCUT2D eigenvalue weighted by Gasteiger charge is -2.25. The van der Waals surface area contributed by atoms with E-state index >= 15 is 0 Å². The molecule has 0 saturated heterocycles. The van der Waals surface area contributed by atoms with Crippen LogP contribution in [0.4, 0.5) is 0 Å². The molecule has 3 heteroatoms. The van der Waals surface area contributed by atoms with E-state index in [0.29, 0.717) is 6.61 Å². The summed E-state index contributed by atoms with van der Waals surface area (Å²) in [5.41, 5.74) is 5.25. The van der Waals surface area contributed by atoms with Gasteiger partial charge >= 0.3 is 0 Å². The first kappa shape index (κ1) is 17.6. The molecule has 0 saturated carbocycles. The van der Waals surface area contributed by atoms with Crippen molar-refractivity contribution in [3.63, 3.8) is 0 Å². The highest BCUT2D eigenvalue weighted by Gasteiger charge is 2.20. The minimum atomic E-state index is -0.0240. The topological polar surface area (TPSA) is 25.4 Å². The molecule has 1 atom stereocenters. The van der Waals surface area contributed by atoms with E-state index in [4.69, 9.17) is 4.74 Å². The Balaban J connectivity index is 2.41. The van der Waals surface area contributed by atoms with E-state index in [9.17, 15) is 0 Å². The molecule has 124 valence electrons. The SMILES string of the molecule is CCc1cccc(CC)c1C(OCCN(C)C)c1ccncc1. The van der Waals surface area contributed by atoms with Crippen molar-refractivity contribution in [2.24, 2.45) is 0 Å². The van der Waals surface area contributed by atoms with Crippen molar-refractivity contribution in [1.29, 1.82) is 0 Å². The molecule has 0 aliphatic rings. The zero-order valence-electron chi connectivity index (χ0n) is 14.7. The van der Waals surface area contributed by atoms with Gasteiger partial charge < -0.3 is 9.64 Å². The number of benzene rings is 1. The average Bonchev–Trinajstić information content (AvgIpc) is 2.58. The second-order valence-corrected chi connectivity index (χ2v) is 6.03. The van der Waals surface area contributed by atoms with Crippen LogP contribution in [0.25, 0.3) is 0 Å². The molecule has 23 heavy (non-hydrogen) atoms. The number of likely N-dealkylation sites (N-methyl/N-ethyl adjacent to an activating group) is 1. The van der Waals surface area contributed by atoms with Gasteiger partial charge in [-0.2, -0.15) is 0 Å². The first-order chi connectivity index (χ1) is 11.2. The number of hydrogen-bond acceptors (Lipinski definition) is 3. The fourth-order valence-electron chi connectivity index (χ4n) is 2.86. The number of pyridine rings is 1. The molecule has 0 aliphatic carbocycles. The zero-order chi connectivity index (χ0) is 16.7. The van der Waals surface area contributed by atoms with Crippen LogP contribution >= 0.6 is 0 Å². The van der Waals surface area contributed by atoms with Crippen molar-refractivity contribution < 1.29 is 4.74 Å². The third kappa shape index (κ3) is 4.63. The third-order valence-corrected chi connectivity index (χ3v) is 4.14. The Bertz CT molecular complexity index is 574. The molecule has 2 rings (SSSR count). The molecule has 2 aromatic rings. The first-order valence-corrected chi connectivity index (χ1v) is 8.44. The van der Waals surface area contributed by atoms with E-state index in [1.54, 1.807) is 0 Å². The molecule has 1 aromatic carbocycles. The van der Waals surface area contributed by atoms with Crippen LogP contribution in [0.5, 0.6) is 0 Å². The first-order valence-electron chi connectivity index (χ1n) is 8.44. The summed E-state index contributed by atoms with van der Waals surface area (Å²) < 4.78 is 6.34. The van der Waals surface area contributed by atoms with Crippen molar-refractivity contribution >= 4 is 0 Å². The van der Waals surface area contributed by atoms with Crippen LogP contribution in [0, 0.1) is 0 Å². The summed E-state index contributed by atoms with van der Waals surface area (Å²) in [6.07, 6.45) is 5.70. The molecule has 0 aliphatic heterocycles. The van der Waals surface area contributed by atoms with E-state index in [1.165, 1.54) is 22.3 Å². The number of hydrogen-bond donors (Lipinski definition) is 0. The summed E-state index contributed by atoms with van der Waals surface area (Å²) in [5.74, 6) is 0. The second-order valence-electron chi connectivity index (χ2n) is 6.03. The van der Waals surface area contributed by atoms with Crippen LogP contribution in [0.1, 0.15) is 42.2 Å². The molecule has 3 nitrogen and oxygen atoms in total. The minimum Gasteiger partial charge on any atom is -0.367 e. The molecule has 1 heterocycles. The van der Waals surface area contributed by atoms with Gasteiger partial charge in [0.15, 0.2) is 0 Å². The lowest BCUT2D eigenvalue weighted by molar-refractivity contribution is 0.0676. The van der Waals surface area contributed by atoms with E-state index in [-0.39, 0.29) is 6.10 Å². The third-order valence-electron chi connectivity index (χ3n) is 4.14. The Labute approximate surface area is 140 Å². The van der Waals surface area contributed by atoms with Crippen molar-refractivity contribution in [1.82, 2.24) is 9.88 Å². The van der Waals surface area contributed by atoms with Gasteiger partial charge in [0.05, 0.1) is 6.61 Å². The summed E-state index contributed by atoms with van der Waals surface area (Å²) >= 11 is 0. The van der Waals surface area contributed by atoms with E-state index in [2.05, 4.69) is 68.2 Å². The Morgan fingerprint density at radius 1 is 1.00 bits per heavy atom. The Morgan fingerprint density at radius 2 is 1.61 bits per heavy atom. The van der Waals surface area contributed by atoms with Gasteiger partial charge in [0.25, 0.3) is 0 Å². The van der Waals surface area contributed by atoms with Crippen LogP contribution in [0.2, 0.25) is 0 Å². The Kier molecular flexibility index (Phi) is 6.75. The predicted molar refractivity (Wildman–Crippen MR) is 95.8 cm³/mol. The molecule has 0 radical (unpaired) electrons. The van der Waals surface area contributed by atoms with E-state index in [0.717, 1.165) is 19.4 Å². The Morgan fingerprint density at radius 3 is 2.13 bits per heavy atom. The minimum absolute atomic E-state index is 0.0240. The molecule has 0 bridgehead atoms. The maximum Gasteiger partial charge on any atom is 0.108 e. The highest BCUT2D eigenvalue weighted by atomic mass is 16.5. The summed E-state index contributed by atoms with van der Waals surface area (Å²) in [6.45, 7) is 6.04. The summed E-state index contributed by atoms with van der Waals surface area (Å²) in [7, 11) is 4.14. The van der Waals surface area contributed by atoms with Crippen molar-refractivity contribution in [2.75, 3.05) is 27.2 Å². The van der Waals surface area contributed by atoms with Gasteiger partial charge in [-0.25, -0.2) is 0 Å². The van der Waals surface area contributed by atoms with Gasteiger partial charge in [-0.1, -0.05) is 32.0 Å². The molecular formula is C20H28N2O. The molecule has 0 spiro atoms. The van der Waals surface area contributed by atoms with Gasteiger partial charge in [0, 0.05) is 18.9 Å². The molecular weight excluding hydrogens is 284 g/mol. The van der Waals surface area contributed by atoms with Gasteiger partial charge in [-0.15, -0.1) is 0 Å². The molecule has 1 aromatic heterocycles. The maximum absolute atomic E-state index is 6.34. The summed E-state index contributed by atoms with van der Waals surface area (Å²) in [6, 6.07) is 10.7. The zero-order valence-corrected chi connectivity index (χ0v) is 14.7. The standard InChI is InChI=1S/C20H28N2O/c1-5-16-8-7-9-17(6-2)19(16)20(23-15-14-22(3)4)18-10-12-21-13-11-18/h7-13,20H,5-6,14-15H2,1-4H3. The van der Waals surface area contributed by atoms with Crippen LogP contribution < -0.4 is 0 Å². The van der Waals surface area contributed by atoms with E-state index in [1.807, 2.05) is 12.4 Å². The summed E-state index contributed by atoms with van der Waals surface area (Å²) in [4.78, 5) is 6.30. The highest BCUT2D eigenvalue weighted by molar-refractivity contribution is 5.42. The predicted octanol–water partition coefficient (Wildman–Crippen LogP) is 3.87. The van der Waals surface area contributed by atoms with Crippen LogP contribution in [-0.4, -0.2) is 37.1 Å². The fraction of sp³-hybridized carbons (Fsp3) is 0.450. The van der Waals surface area contributed by atoms with E-state index < -0.39 is 0 Å². The molecule has 0 amide bonds. The van der Waals surface area contributed by atoms with Gasteiger partial charge in [-0.05, 0) is 61.3 Å². The van der Waals surface area contributed by atoms with Crippen molar-refractivity contribution in [3.8, 4) is 0 Å². The second kappa shape index (κ2) is 8.80. The largest absolute Gasteiger partial charge is 0.367 e. The van der Waals surface area contributed by atoms with Crippen LogP contribution in [-0.2, 0) is 17.6 Å². The number of aromatic nitrogens is 1. The van der Waals surface area contributed by atoms with Crippen molar-refractivity contribution in [3.05, 3.63) is 65.0 Å². The smallest absolute Gasteiger partial charge is 0.108 e. The fourth-order valence-corrected chi connectivity index (χ4v) is 2.86. The number of ether oxygens (including phenoxy) is 1. The summed E-state index contributed by atoms with van der Waals surface area (Å²) in [5, 5.41) is 0. The average molecular weight is 312 g/mol. The van der Waals surface area contributed by atoms with Crippen LogP contribution in [0.15, 0.2) is 42.7 Å². The van der Waals surface area contributed by atoms with Gasteiger partial charge in [-0.3, -0.25) is 4.98 Å². The van der Waals surface area contributed by atoms with Crippen LogP contribution in [0.3, 0.4) is 0 Å². The quantitative estimate of drug-likeness (QED) is 0.740. The normalized spacial score (nSPS) is 12.6. The lowest BCUT2D eigenvalue weighted by Crippen LogP contribution is -2.21. The number of rotatable bonds is 8.